The van der Waals surface area contributed by atoms with Crippen molar-refractivity contribution in [1.82, 2.24) is 9.88 Å². The number of likely N-dealkylation sites (tertiary alicyclic amines) is 1. The second-order valence-electron chi connectivity index (χ2n) is 8.76. The molecule has 2 aromatic rings. The molecule has 2 saturated carbocycles. The van der Waals surface area contributed by atoms with Gasteiger partial charge in [-0.05, 0) is 55.4 Å². The Morgan fingerprint density at radius 3 is 2.61 bits per heavy atom. The Morgan fingerprint density at radius 1 is 1.26 bits per heavy atom. The molecule has 3 atom stereocenters. The number of nitrogens with zero attached hydrogens (tertiary/aromatic N) is 3. The highest BCUT2D eigenvalue weighted by Crippen LogP contribution is 2.59. The van der Waals surface area contributed by atoms with Crippen molar-refractivity contribution in [3.63, 3.8) is 0 Å². The minimum atomic E-state index is -4.37. The van der Waals surface area contributed by atoms with E-state index < -0.39 is 23.5 Å². The summed E-state index contributed by atoms with van der Waals surface area (Å²) in [6.07, 6.45) is -2.90. The van der Waals surface area contributed by atoms with Gasteiger partial charge < -0.3 is 10.6 Å². The highest BCUT2D eigenvalue weighted by Gasteiger charge is 2.64. The number of hydrogen-bond acceptors (Lipinski definition) is 4. The van der Waals surface area contributed by atoms with Crippen LogP contribution in [0.1, 0.15) is 47.3 Å². The van der Waals surface area contributed by atoms with Crippen molar-refractivity contribution in [2.75, 3.05) is 0 Å². The number of fused-ring (bicyclic) bond motifs is 2. The van der Waals surface area contributed by atoms with E-state index in [1.807, 2.05) is 0 Å². The Balaban J connectivity index is 1.50. The lowest BCUT2D eigenvalue weighted by atomic mass is 9.92. The smallest absolute Gasteiger partial charge is 0.366 e. The van der Waals surface area contributed by atoms with Crippen LogP contribution in [0.5, 0.6) is 0 Å². The zero-order valence-corrected chi connectivity index (χ0v) is 16.4. The van der Waals surface area contributed by atoms with E-state index in [2.05, 4.69) is 11.1 Å². The molecule has 31 heavy (non-hydrogen) atoms. The first-order chi connectivity index (χ1) is 14.6. The van der Waals surface area contributed by atoms with Crippen molar-refractivity contribution < 1.29 is 22.8 Å². The van der Waals surface area contributed by atoms with Gasteiger partial charge in [-0.25, -0.2) is 0 Å². The third-order valence-corrected chi connectivity index (χ3v) is 6.85. The van der Waals surface area contributed by atoms with Crippen LogP contribution in [-0.2, 0) is 16.6 Å². The average molecular weight is 428 g/mol. The number of nitriles is 1. The molecule has 2 amide bonds. The predicted molar refractivity (Wildman–Crippen MR) is 104 cm³/mol. The van der Waals surface area contributed by atoms with E-state index in [4.69, 9.17) is 5.73 Å². The summed E-state index contributed by atoms with van der Waals surface area (Å²) in [4.78, 5) is 30.9. The third-order valence-electron chi connectivity index (χ3n) is 6.85. The molecule has 3 fully saturated rings. The number of benzene rings is 1. The van der Waals surface area contributed by atoms with Crippen LogP contribution in [0.4, 0.5) is 13.2 Å². The van der Waals surface area contributed by atoms with E-state index in [-0.39, 0.29) is 47.7 Å². The number of primary amides is 1. The van der Waals surface area contributed by atoms with Gasteiger partial charge in [0.15, 0.2) is 0 Å². The van der Waals surface area contributed by atoms with Crippen molar-refractivity contribution in [2.45, 2.75) is 55.8 Å². The molecule has 1 aliphatic heterocycles. The van der Waals surface area contributed by atoms with Crippen LogP contribution in [0.25, 0.3) is 10.9 Å². The summed E-state index contributed by atoms with van der Waals surface area (Å²) in [6, 6.07) is 7.34. The molecule has 0 unspecified atom stereocenters. The van der Waals surface area contributed by atoms with Crippen LogP contribution < -0.4 is 5.73 Å². The summed E-state index contributed by atoms with van der Waals surface area (Å²) >= 11 is 0. The number of hydrogen-bond donors (Lipinski definition) is 1. The normalized spacial score (nSPS) is 25.7. The number of alkyl halides is 3. The first-order valence-electron chi connectivity index (χ1n) is 10.2. The number of halogens is 3. The molecule has 2 N–H and O–H groups in total. The topological polar surface area (TPSA) is 100 Å². The van der Waals surface area contributed by atoms with E-state index in [1.165, 1.54) is 24.3 Å². The van der Waals surface area contributed by atoms with E-state index in [0.717, 1.165) is 6.42 Å². The van der Waals surface area contributed by atoms with Gasteiger partial charge in [-0.15, -0.1) is 0 Å². The zero-order valence-electron chi connectivity index (χ0n) is 16.4. The molecule has 3 aliphatic rings. The summed E-state index contributed by atoms with van der Waals surface area (Å²) in [5, 5.41) is 9.55. The summed E-state index contributed by atoms with van der Waals surface area (Å²) in [5.41, 5.74) is 4.37. The van der Waals surface area contributed by atoms with Gasteiger partial charge in [0.05, 0.1) is 34.7 Å². The fraction of sp³-hybridized carbons (Fsp3) is 0.455. The second-order valence-corrected chi connectivity index (χ2v) is 8.76. The average Bonchev–Trinajstić information content (AvgIpc) is 3.63. The van der Waals surface area contributed by atoms with Gasteiger partial charge in [-0.3, -0.25) is 14.6 Å². The molecule has 0 bridgehead atoms. The monoisotopic (exact) mass is 428 g/mol. The number of carbonyl (C=O) groups excluding carboxylic acids is 2. The summed E-state index contributed by atoms with van der Waals surface area (Å²) < 4.78 is 40.6. The van der Waals surface area contributed by atoms with Gasteiger partial charge in [0.2, 0.25) is 11.8 Å². The number of piperidine rings is 1. The summed E-state index contributed by atoms with van der Waals surface area (Å²) in [7, 11) is 0. The van der Waals surface area contributed by atoms with Gasteiger partial charge >= 0.3 is 6.18 Å². The van der Waals surface area contributed by atoms with Crippen LogP contribution in [0.2, 0.25) is 0 Å². The molecular weight excluding hydrogens is 409 g/mol. The van der Waals surface area contributed by atoms with Gasteiger partial charge in [-0.1, -0.05) is 6.07 Å². The van der Waals surface area contributed by atoms with Crippen LogP contribution in [-0.4, -0.2) is 40.0 Å². The Morgan fingerprint density at radius 2 is 2.00 bits per heavy atom. The van der Waals surface area contributed by atoms with Crippen molar-refractivity contribution in [1.29, 1.82) is 5.26 Å². The molecular formula is C22H19F3N4O2. The molecule has 160 valence electrons. The predicted octanol–water partition coefficient (Wildman–Crippen LogP) is 2.98. The fourth-order valence-corrected chi connectivity index (χ4v) is 4.91. The van der Waals surface area contributed by atoms with Crippen molar-refractivity contribution >= 4 is 22.7 Å². The molecule has 1 aromatic carbocycles. The van der Waals surface area contributed by atoms with Crippen molar-refractivity contribution in [2.24, 2.45) is 11.7 Å². The molecule has 1 aromatic heterocycles. The number of pyridine rings is 1. The maximum Gasteiger partial charge on any atom is 0.398 e. The quantitative estimate of drug-likeness (QED) is 0.809. The Bertz CT molecular complexity index is 1170. The molecule has 5 rings (SSSR count). The number of nitrogens with two attached hydrogens (primary N) is 1. The Kier molecular flexibility index (Phi) is 4.10. The molecule has 2 aliphatic carbocycles. The SMILES string of the molecule is N#C[C@@H]1C[C@@H]2C[C@@H]2N1C(=O)Cc1cc(C(N)=O)c2cc(C3(C(F)(F)F)CC3)ccc2n1. The lowest BCUT2D eigenvalue weighted by Crippen LogP contribution is -2.38. The van der Waals surface area contributed by atoms with Crippen molar-refractivity contribution in [3.8, 4) is 6.07 Å². The summed E-state index contributed by atoms with van der Waals surface area (Å²) in [5.74, 6) is -0.668. The zero-order chi connectivity index (χ0) is 22.1. The lowest BCUT2D eigenvalue weighted by Gasteiger charge is -2.23. The highest BCUT2D eigenvalue weighted by molar-refractivity contribution is 6.06. The first kappa shape index (κ1) is 19.8. The van der Waals surface area contributed by atoms with Crippen LogP contribution in [0.3, 0.4) is 0 Å². The standard InChI is InChI=1S/C22H19F3N4O2/c23-22(24,25)21(3-4-21)12-1-2-17-15(7-12)16(20(27)31)8-13(28-17)9-19(30)29-14(10-26)5-11-6-18(11)29/h1-2,7-8,11,14,18H,3-6,9H2,(H2,27,31)/t11-,14+,18+/m1/s1. The van der Waals surface area contributed by atoms with Gasteiger partial charge in [0, 0.05) is 11.4 Å². The van der Waals surface area contributed by atoms with E-state index in [0.29, 0.717) is 23.5 Å². The Hall–Kier alpha value is -3.15. The van der Waals surface area contributed by atoms with Gasteiger partial charge in [-0.2, -0.15) is 18.4 Å². The minimum Gasteiger partial charge on any atom is -0.366 e. The number of rotatable bonds is 4. The summed E-state index contributed by atoms with van der Waals surface area (Å²) in [6.45, 7) is 0. The van der Waals surface area contributed by atoms with Crippen LogP contribution in [0, 0.1) is 17.2 Å². The van der Waals surface area contributed by atoms with E-state index >= 15 is 0 Å². The number of aromatic nitrogens is 1. The van der Waals surface area contributed by atoms with Crippen LogP contribution in [0.15, 0.2) is 24.3 Å². The molecule has 0 spiro atoms. The van der Waals surface area contributed by atoms with Crippen LogP contribution >= 0.6 is 0 Å². The van der Waals surface area contributed by atoms with Gasteiger partial charge in [0.1, 0.15) is 6.04 Å². The lowest BCUT2D eigenvalue weighted by molar-refractivity contribution is -0.160. The van der Waals surface area contributed by atoms with E-state index in [9.17, 15) is 28.0 Å². The molecule has 6 nitrogen and oxygen atoms in total. The first-order valence-corrected chi connectivity index (χ1v) is 10.2. The second kappa shape index (κ2) is 6.42. The maximum atomic E-state index is 13.5. The van der Waals surface area contributed by atoms with E-state index in [1.54, 1.807) is 4.90 Å². The van der Waals surface area contributed by atoms with Crippen molar-refractivity contribution in [3.05, 3.63) is 41.1 Å². The maximum absolute atomic E-state index is 13.5. The Labute approximate surface area is 175 Å². The largest absolute Gasteiger partial charge is 0.398 e. The van der Waals surface area contributed by atoms with Gasteiger partial charge in [0.25, 0.3) is 0 Å². The minimum absolute atomic E-state index is 0.00593. The fourth-order valence-electron chi connectivity index (χ4n) is 4.91. The highest BCUT2D eigenvalue weighted by atomic mass is 19.4. The molecule has 2 heterocycles. The molecule has 1 saturated heterocycles. The molecule has 9 heteroatoms. The molecule has 0 radical (unpaired) electrons. The number of carbonyl (C=O) groups is 2. The number of amides is 2. The third kappa shape index (κ3) is 3.04.